The molecule has 1 aromatic carbocycles. The second kappa shape index (κ2) is 8.34. The fourth-order valence-electron chi connectivity index (χ4n) is 4.24. The Labute approximate surface area is 194 Å². The van der Waals surface area contributed by atoms with Gasteiger partial charge in [0.25, 0.3) is 0 Å². The molecule has 4 atom stereocenters. The van der Waals surface area contributed by atoms with Gasteiger partial charge in [0.05, 0.1) is 23.8 Å². The van der Waals surface area contributed by atoms with Crippen LogP contribution in [0.5, 0.6) is 0 Å². The molecule has 8 nitrogen and oxygen atoms in total. The van der Waals surface area contributed by atoms with Crippen LogP contribution in [0.1, 0.15) is 19.4 Å². The molecule has 168 valence electrons. The zero-order chi connectivity index (χ0) is 23.3. The Bertz CT molecular complexity index is 1120. The SMILES string of the molecule is C[C@H]1C(Sc2nc(-c3ccc(C(=N)N(C)C)cc3)cs2)=C(C(=O)O)N2C(=O)[C@H]([C@@H](C)O)C12. The Kier molecular flexibility index (Phi) is 5.87. The summed E-state index contributed by atoms with van der Waals surface area (Å²) in [5.41, 5.74) is 2.48. The molecule has 2 aromatic rings. The van der Waals surface area contributed by atoms with E-state index in [9.17, 15) is 19.8 Å². The molecule has 3 heterocycles. The van der Waals surface area contributed by atoms with Crippen molar-refractivity contribution in [3.8, 4) is 11.3 Å². The minimum Gasteiger partial charge on any atom is -0.477 e. The topological polar surface area (TPSA) is 118 Å². The van der Waals surface area contributed by atoms with Crippen LogP contribution in [0.15, 0.2) is 44.6 Å². The monoisotopic (exact) mass is 472 g/mol. The number of carbonyl (C=O) groups is 2. The second-order valence-electron chi connectivity index (χ2n) is 8.19. The number of carbonyl (C=O) groups excluding carboxylic acids is 1. The van der Waals surface area contributed by atoms with E-state index in [1.54, 1.807) is 11.8 Å². The van der Waals surface area contributed by atoms with Crippen molar-refractivity contribution in [3.05, 3.63) is 45.8 Å². The number of β-lactam (4-membered cyclic amide) rings is 1. The number of aliphatic hydroxyl groups is 1. The molecule has 0 radical (unpaired) electrons. The molecule has 1 aromatic heterocycles. The molecule has 1 unspecified atom stereocenters. The average molecular weight is 473 g/mol. The number of nitrogens with zero attached hydrogens (tertiary/aromatic N) is 3. The van der Waals surface area contributed by atoms with E-state index in [0.717, 1.165) is 16.8 Å². The smallest absolute Gasteiger partial charge is 0.353 e. The number of thioether (sulfide) groups is 1. The number of thiazole rings is 1. The van der Waals surface area contributed by atoms with Crippen LogP contribution in [0.25, 0.3) is 11.3 Å². The predicted octanol–water partition coefficient (Wildman–Crippen LogP) is 2.94. The Morgan fingerprint density at radius 2 is 1.97 bits per heavy atom. The Balaban J connectivity index is 1.57. The van der Waals surface area contributed by atoms with E-state index < -0.39 is 18.0 Å². The van der Waals surface area contributed by atoms with Crippen LogP contribution in [0.4, 0.5) is 0 Å². The Morgan fingerprint density at radius 3 is 2.53 bits per heavy atom. The molecule has 1 amide bonds. The average Bonchev–Trinajstić information content (AvgIpc) is 3.29. The summed E-state index contributed by atoms with van der Waals surface area (Å²) in [5, 5.41) is 29.7. The highest BCUT2D eigenvalue weighted by Gasteiger charge is 2.60. The van der Waals surface area contributed by atoms with Crippen LogP contribution < -0.4 is 0 Å². The number of hydrogen-bond acceptors (Lipinski definition) is 7. The van der Waals surface area contributed by atoms with Gasteiger partial charge in [-0.25, -0.2) is 9.78 Å². The van der Waals surface area contributed by atoms with Crippen LogP contribution in [0.3, 0.4) is 0 Å². The maximum Gasteiger partial charge on any atom is 0.353 e. The minimum atomic E-state index is -1.14. The van der Waals surface area contributed by atoms with Gasteiger partial charge in [-0.3, -0.25) is 10.2 Å². The predicted molar refractivity (Wildman–Crippen MR) is 124 cm³/mol. The van der Waals surface area contributed by atoms with Crippen LogP contribution in [-0.2, 0) is 9.59 Å². The highest BCUT2D eigenvalue weighted by molar-refractivity contribution is 8.04. The number of fused-ring (bicyclic) bond motifs is 1. The van der Waals surface area contributed by atoms with Gasteiger partial charge < -0.3 is 20.0 Å². The summed E-state index contributed by atoms with van der Waals surface area (Å²) < 4.78 is 0.689. The fourth-order valence-corrected chi connectivity index (χ4v) is 6.34. The van der Waals surface area contributed by atoms with Crippen LogP contribution in [0, 0.1) is 17.2 Å². The number of nitrogens with one attached hydrogen (secondary N) is 1. The third-order valence-electron chi connectivity index (χ3n) is 5.89. The molecule has 1 fully saturated rings. The first kappa shape index (κ1) is 22.5. The lowest BCUT2D eigenvalue weighted by Crippen LogP contribution is -2.63. The van der Waals surface area contributed by atoms with E-state index >= 15 is 0 Å². The summed E-state index contributed by atoms with van der Waals surface area (Å²) in [6.07, 6.45) is -0.825. The van der Waals surface area contributed by atoms with E-state index in [2.05, 4.69) is 4.98 Å². The number of rotatable bonds is 6. The summed E-state index contributed by atoms with van der Waals surface area (Å²) in [6, 6.07) is 7.24. The summed E-state index contributed by atoms with van der Waals surface area (Å²) in [6.45, 7) is 3.46. The minimum absolute atomic E-state index is 0.00213. The van der Waals surface area contributed by atoms with Crippen molar-refractivity contribution < 1.29 is 19.8 Å². The van der Waals surface area contributed by atoms with Crippen molar-refractivity contribution in [1.82, 2.24) is 14.8 Å². The highest BCUT2D eigenvalue weighted by atomic mass is 32.2. The standard InChI is InChI=1S/C22H24N4O4S2/c1-10-16-15(11(2)27)20(28)26(16)17(21(29)30)18(10)32-22-24-14(9-31-22)12-5-7-13(8-6-12)19(23)25(3)4/h5-11,15-16,23,27H,1-4H3,(H,29,30)/t10-,11-,15-,16?/m1/s1. The number of carboxylic acids is 1. The van der Waals surface area contributed by atoms with E-state index in [1.165, 1.54) is 28.0 Å². The number of benzene rings is 1. The van der Waals surface area contributed by atoms with Gasteiger partial charge in [-0.2, -0.15) is 0 Å². The zero-order valence-corrected chi connectivity index (χ0v) is 19.7. The van der Waals surface area contributed by atoms with Gasteiger partial charge in [0, 0.05) is 41.4 Å². The first-order valence-corrected chi connectivity index (χ1v) is 11.8. The second-order valence-corrected chi connectivity index (χ2v) is 10.3. The van der Waals surface area contributed by atoms with E-state index in [0.29, 0.717) is 15.1 Å². The third kappa shape index (κ3) is 3.62. The molecule has 0 saturated carbocycles. The molecule has 32 heavy (non-hydrogen) atoms. The number of hydrogen-bond donors (Lipinski definition) is 3. The molecular formula is C22H24N4O4S2. The van der Waals surface area contributed by atoms with Gasteiger partial charge in [0.2, 0.25) is 5.91 Å². The zero-order valence-electron chi connectivity index (χ0n) is 18.1. The summed E-state index contributed by atoms with van der Waals surface area (Å²) in [4.78, 5) is 32.7. The molecule has 0 aliphatic carbocycles. The fraction of sp³-hybridized carbons (Fsp3) is 0.364. The molecule has 4 rings (SSSR count). The summed E-state index contributed by atoms with van der Waals surface area (Å²) >= 11 is 2.69. The lowest BCUT2D eigenvalue weighted by molar-refractivity contribution is -0.163. The van der Waals surface area contributed by atoms with Crippen LogP contribution in [-0.4, -0.2) is 69.0 Å². The molecule has 2 aliphatic heterocycles. The van der Waals surface area contributed by atoms with E-state index in [4.69, 9.17) is 5.41 Å². The maximum atomic E-state index is 12.5. The van der Waals surface area contributed by atoms with Gasteiger partial charge in [-0.15, -0.1) is 11.3 Å². The lowest BCUT2D eigenvalue weighted by atomic mass is 9.79. The number of aromatic nitrogens is 1. The van der Waals surface area contributed by atoms with Gasteiger partial charge in [0.1, 0.15) is 11.5 Å². The van der Waals surface area contributed by atoms with Crippen molar-refractivity contribution in [2.24, 2.45) is 11.8 Å². The molecular weight excluding hydrogens is 448 g/mol. The summed E-state index contributed by atoms with van der Waals surface area (Å²) in [7, 11) is 3.65. The molecule has 2 aliphatic rings. The lowest BCUT2D eigenvalue weighted by Gasteiger charge is -2.46. The molecule has 0 bridgehead atoms. The molecule has 0 spiro atoms. The van der Waals surface area contributed by atoms with Crippen LogP contribution >= 0.6 is 23.1 Å². The molecule has 1 saturated heterocycles. The number of aliphatic carboxylic acids is 1. The van der Waals surface area contributed by atoms with Gasteiger partial charge in [0.15, 0.2) is 4.34 Å². The van der Waals surface area contributed by atoms with E-state index in [1.807, 2.05) is 50.7 Å². The van der Waals surface area contributed by atoms with Gasteiger partial charge >= 0.3 is 5.97 Å². The first-order valence-electron chi connectivity index (χ1n) is 10.1. The van der Waals surface area contributed by atoms with Crippen molar-refractivity contribution in [2.75, 3.05) is 14.1 Å². The van der Waals surface area contributed by atoms with Crippen molar-refractivity contribution in [2.45, 2.75) is 30.3 Å². The van der Waals surface area contributed by atoms with Crippen molar-refractivity contribution in [1.29, 1.82) is 5.41 Å². The number of amidine groups is 1. The quantitative estimate of drug-likeness (QED) is 0.336. The highest BCUT2D eigenvalue weighted by Crippen LogP contribution is 2.52. The Hall–Kier alpha value is -2.69. The van der Waals surface area contributed by atoms with Crippen LogP contribution in [0.2, 0.25) is 0 Å². The van der Waals surface area contributed by atoms with Gasteiger partial charge in [-0.05, 0) is 6.92 Å². The molecule has 10 heteroatoms. The number of amides is 1. The Morgan fingerprint density at radius 1 is 1.31 bits per heavy atom. The first-order chi connectivity index (χ1) is 15.1. The van der Waals surface area contributed by atoms with Crippen molar-refractivity contribution in [3.63, 3.8) is 0 Å². The number of aliphatic hydroxyl groups excluding tert-OH is 1. The molecule has 3 N–H and O–H groups in total. The summed E-state index contributed by atoms with van der Waals surface area (Å²) in [5.74, 6) is -1.84. The van der Waals surface area contributed by atoms with Gasteiger partial charge in [-0.1, -0.05) is 43.0 Å². The third-order valence-corrected chi connectivity index (χ3v) is 8.12. The normalized spacial score (nSPS) is 23.1. The largest absolute Gasteiger partial charge is 0.477 e. The number of carboxylic acid groups (broad SMARTS) is 1. The maximum absolute atomic E-state index is 12.5. The van der Waals surface area contributed by atoms with E-state index in [-0.39, 0.29) is 23.6 Å². The van der Waals surface area contributed by atoms with Crippen molar-refractivity contribution >= 4 is 40.8 Å².